The second-order valence-electron chi connectivity index (χ2n) is 7.41. The molecule has 0 saturated heterocycles. The maximum absolute atomic E-state index is 13.2. The molecule has 0 fully saturated rings. The van der Waals surface area contributed by atoms with Crippen molar-refractivity contribution in [3.05, 3.63) is 54.0 Å². The largest absolute Gasteiger partial charge is 0.439 e. The van der Waals surface area contributed by atoms with Gasteiger partial charge in [0.15, 0.2) is 5.96 Å². The van der Waals surface area contributed by atoms with Crippen LogP contribution in [0.25, 0.3) is 0 Å². The average Bonchev–Trinajstić information content (AvgIpc) is 2.64. The summed E-state index contributed by atoms with van der Waals surface area (Å²) >= 11 is 0. The molecular weight excluding hydrogens is 373 g/mol. The average molecular weight is 401 g/mol. The van der Waals surface area contributed by atoms with Crippen LogP contribution in [-0.4, -0.2) is 35.5 Å². The highest BCUT2D eigenvalue weighted by molar-refractivity contribution is 5.86. The van der Waals surface area contributed by atoms with E-state index < -0.39 is 0 Å². The summed E-state index contributed by atoms with van der Waals surface area (Å²) < 4.78 is 18.7. The molecule has 0 aliphatic rings. The standard InChI is InChI=1S/C21H28FN5O2/c1-5-23-20(26-14-18(28)27-21(2,3)4)25-13-15-9-10-19(24-12-15)29-17-8-6-7-16(22)11-17/h6-12H,5,13-14H2,1-4H3,(H,27,28)(H2,23,25,26). The van der Waals surface area contributed by atoms with Crippen molar-refractivity contribution in [1.82, 2.24) is 20.9 Å². The molecule has 1 amide bonds. The first-order valence-electron chi connectivity index (χ1n) is 9.47. The first-order valence-corrected chi connectivity index (χ1v) is 9.47. The molecule has 0 aliphatic carbocycles. The summed E-state index contributed by atoms with van der Waals surface area (Å²) in [6.45, 7) is 8.92. The van der Waals surface area contributed by atoms with E-state index in [1.807, 2.05) is 33.8 Å². The molecule has 2 aromatic rings. The fraction of sp³-hybridized carbons (Fsp3) is 0.381. The fourth-order valence-electron chi connectivity index (χ4n) is 2.35. The lowest BCUT2D eigenvalue weighted by Crippen LogP contribution is -2.48. The van der Waals surface area contributed by atoms with Gasteiger partial charge in [0.05, 0.1) is 13.1 Å². The van der Waals surface area contributed by atoms with Crippen LogP contribution in [0.3, 0.4) is 0 Å². The summed E-state index contributed by atoms with van der Waals surface area (Å²) in [6.07, 6.45) is 1.65. The van der Waals surface area contributed by atoms with Gasteiger partial charge in [-0.15, -0.1) is 0 Å². The second kappa shape index (κ2) is 10.4. The molecule has 3 N–H and O–H groups in total. The van der Waals surface area contributed by atoms with Gasteiger partial charge in [-0.3, -0.25) is 4.79 Å². The Morgan fingerprint density at radius 1 is 1.21 bits per heavy atom. The molecule has 0 aliphatic heterocycles. The number of rotatable bonds is 7. The van der Waals surface area contributed by atoms with Gasteiger partial charge in [-0.25, -0.2) is 14.4 Å². The Morgan fingerprint density at radius 3 is 2.62 bits per heavy atom. The normalized spacial score (nSPS) is 11.7. The molecule has 1 aromatic heterocycles. The number of pyridine rings is 1. The molecule has 2 rings (SSSR count). The van der Waals surface area contributed by atoms with Gasteiger partial charge < -0.3 is 20.7 Å². The first kappa shape index (κ1) is 22.1. The second-order valence-corrected chi connectivity index (χ2v) is 7.41. The summed E-state index contributed by atoms with van der Waals surface area (Å²) in [5, 5.41) is 9.00. The molecule has 0 saturated carbocycles. The summed E-state index contributed by atoms with van der Waals surface area (Å²) in [5.74, 6) is 0.816. The molecule has 0 spiro atoms. The Hall–Kier alpha value is -3.16. The molecular formula is C21H28FN5O2. The minimum atomic E-state index is -0.368. The lowest BCUT2D eigenvalue weighted by atomic mass is 10.1. The van der Waals surface area contributed by atoms with Crippen LogP contribution >= 0.6 is 0 Å². The number of carbonyl (C=O) groups is 1. The quantitative estimate of drug-likeness (QED) is 0.490. The van der Waals surface area contributed by atoms with Crippen LogP contribution in [0, 0.1) is 5.82 Å². The summed E-state index contributed by atoms with van der Waals surface area (Å²) in [5.41, 5.74) is 0.586. The monoisotopic (exact) mass is 401 g/mol. The van der Waals surface area contributed by atoms with Gasteiger partial charge in [-0.05, 0) is 45.4 Å². The van der Waals surface area contributed by atoms with E-state index in [0.717, 1.165) is 5.56 Å². The maximum atomic E-state index is 13.2. The highest BCUT2D eigenvalue weighted by Crippen LogP contribution is 2.20. The molecule has 29 heavy (non-hydrogen) atoms. The van der Waals surface area contributed by atoms with Gasteiger partial charge in [-0.2, -0.15) is 0 Å². The smallest absolute Gasteiger partial charge is 0.239 e. The number of hydrogen-bond donors (Lipinski definition) is 3. The lowest BCUT2D eigenvalue weighted by molar-refractivity contribution is -0.121. The Balaban J connectivity index is 1.92. The van der Waals surface area contributed by atoms with E-state index >= 15 is 0 Å². The Labute approximate surface area is 170 Å². The zero-order valence-electron chi connectivity index (χ0n) is 17.3. The number of ether oxygens (including phenoxy) is 1. The van der Waals surface area contributed by atoms with Gasteiger partial charge in [0.1, 0.15) is 11.6 Å². The Morgan fingerprint density at radius 2 is 2.00 bits per heavy atom. The van der Waals surface area contributed by atoms with E-state index in [1.165, 1.54) is 12.1 Å². The predicted molar refractivity (Wildman–Crippen MR) is 111 cm³/mol. The number of halogens is 1. The molecule has 0 bridgehead atoms. The lowest BCUT2D eigenvalue weighted by Gasteiger charge is -2.21. The van der Waals surface area contributed by atoms with Crippen LogP contribution < -0.4 is 20.7 Å². The van der Waals surface area contributed by atoms with Gasteiger partial charge in [-0.1, -0.05) is 12.1 Å². The van der Waals surface area contributed by atoms with Gasteiger partial charge in [0.2, 0.25) is 11.8 Å². The number of guanidine groups is 1. The van der Waals surface area contributed by atoms with Crippen molar-refractivity contribution < 1.29 is 13.9 Å². The van der Waals surface area contributed by atoms with Crippen molar-refractivity contribution in [3.8, 4) is 11.6 Å². The number of carbonyl (C=O) groups excluding carboxylic acids is 1. The molecule has 156 valence electrons. The Kier molecular flexibility index (Phi) is 7.94. The molecule has 1 heterocycles. The summed E-state index contributed by atoms with van der Waals surface area (Å²) in [7, 11) is 0. The molecule has 8 heteroatoms. The topological polar surface area (TPSA) is 87.6 Å². The minimum Gasteiger partial charge on any atom is -0.439 e. The van der Waals surface area contributed by atoms with Crippen molar-refractivity contribution in [2.24, 2.45) is 4.99 Å². The molecule has 7 nitrogen and oxygen atoms in total. The number of benzene rings is 1. The highest BCUT2D eigenvalue weighted by Gasteiger charge is 2.13. The molecule has 0 radical (unpaired) electrons. The number of aromatic nitrogens is 1. The van der Waals surface area contributed by atoms with Crippen molar-refractivity contribution in [2.75, 3.05) is 13.1 Å². The van der Waals surface area contributed by atoms with E-state index in [9.17, 15) is 9.18 Å². The Bertz CT molecular complexity index is 832. The van der Waals surface area contributed by atoms with E-state index in [4.69, 9.17) is 4.74 Å². The van der Waals surface area contributed by atoms with E-state index in [-0.39, 0.29) is 23.8 Å². The fourth-order valence-corrected chi connectivity index (χ4v) is 2.35. The van der Waals surface area contributed by atoms with Crippen LogP contribution in [0.2, 0.25) is 0 Å². The van der Waals surface area contributed by atoms with Crippen LogP contribution in [0.1, 0.15) is 33.3 Å². The summed E-state index contributed by atoms with van der Waals surface area (Å²) in [4.78, 5) is 20.6. The molecule has 1 aromatic carbocycles. The van der Waals surface area contributed by atoms with Gasteiger partial charge in [0, 0.05) is 30.4 Å². The van der Waals surface area contributed by atoms with Crippen LogP contribution in [0.15, 0.2) is 47.6 Å². The van der Waals surface area contributed by atoms with E-state index in [0.29, 0.717) is 30.7 Å². The number of amides is 1. The highest BCUT2D eigenvalue weighted by atomic mass is 19.1. The third-order valence-corrected chi connectivity index (χ3v) is 3.51. The maximum Gasteiger partial charge on any atom is 0.239 e. The van der Waals surface area contributed by atoms with Crippen LogP contribution in [-0.2, 0) is 11.3 Å². The van der Waals surface area contributed by atoms with Gasteiger partial charge >= 0.3 is 0 Å². The zero-order chi connectivity index (χ0) is 21.3. The number of nitrogens with zero attached hydrogens (tertiary/aromatic N) is 2. The first-order chi connectivity index (χ1) is 13.7. The number of nitrogens with one attached hydrogen (secondary N) is 3. The number of hydrogen-bond acceptors (Lipinski definition) is 4. The molecule has 0 unspecified atom stereocenters. The third-order valence-electron chi connectivity index (χ3n) is 3.51. The predicted octanol–water partition coefficient (Wildman–Crippen LogP) is 2.98. The van der Waals surface area contributed by atoms with Crippen molar-refractivity contribution in [3.63, 3.8) is 0 Å². The van der Waals surface area contributed by atoms with Crippen LogP contribution in [0.4, 0.5) is 4.39 Å². The minimum absolute atomic E-state index is 0.108. The van der Waals surface area contributed by atoms with Crippen LogP contribution in [0.5, 0.6) is 11.6 Å². The van der Waals surface area contributed by atoms with E-state index in [1.54, 1.807) is 24.4 Å². The van der Waals surface area contributed by atoms with Crippen molar-refractivity contribution >= 4 is 11.9 Å². The third kappa shape index (κ3) is 8.59. The zero-order valence-corrected chi connectivity index (χ0v) is 17.3. The van der Waals surface area contributed by atoms with Crippen molar-refractivity contribution in [2.45, 2.75) is 39.8 Å². The van der Waals surface area contributed by atoms with Crippen molar-refractivity contribution in [1.29, 1.82) is 0 Å². The SMILES string of the molecule is CCNC(=NCc1ccc(Oc2cccc(F)c2)nc1)NCC(=O)NC(C)(C)C. The number of aliphatic imine (C=N–C) groups is 1. The van der Waals surface area contributed by atoms with E-state index in [2.05, 4.69) is 25.9 Å². The van der Waals surface area contributed by atoms with Gasteiger partial charge in [0.25, 0.3) is 0 Å². The summed E-state index contributed by atoms with van der Waals surface area (Å²) in [6, 6.07) is 9.42. The molecule has 0 atom stereocenters.